The van der Waals surface area contributed by atoms with E-state index in [0.29, 0.717) is 13.1 Å². The van der Waals surface area contributed by atoms with E-state index in [9.17, 15) is 4.79 Å². The van der Waals surface area contributed by atoms with Gasteiger partial charge in [-0.15, -0.1) is 0 Å². The lowest BCUT2D eigenvalue weighted by molar-refractivity contribution is -0.117. The van der Waals surface area contributed by atoms with Crippen molar-refractivity contribution in [3.05, 3.63) is 50.8 Å². The van der Waals surface area contributed by atoms with Crippen LogP contribution < -0.4 is 5.32 Å². The quantitative estimate of drug-likeness (QED) is 0.615. The first-order chi connectivity index (χ1) is 12.5. The number of anilines is 1. The molecule has 0 aliphatic carbocycles. The molecule has 0 bridgehead atoms. The van der Waals surface area contributed by atoms with Crippen molar-refractivity contribution in [3.8, 4) is 0 Å². The summed E-state index contributed by atoms with van der Waals surface area (Å²) in [5.74, 6) is 0.772. The summed E-state index contributed by atoms with van der Waals surface area (Å²) in [5.41, 5.74) is 1.86. The van der Waals surface area contributed by atoms with Gasteiger partial charge in [0.05, 0.1) is 31.1 Å². The number of amides is 1. The van der Waals surface area contributed by atoms with Crippen molar-refractivity contribution < 1.29 is 13.9 Å². The molecule has 1 fully saturated rings. The van der Waals surface area contributed by atoms with Gasteiger partial charge in [-0.25, -0.2) is 0 Å². The number of furan rings is 1. The fourth-order valence-corrected chi connectivity index (χ4v) is 4.70. The summed E-state index contributed by atoms with van der Waals surface area (Å²) in [6.07, 6.45) is 3.94. The minimum Gasteiger partial charge on any atom is -0.468 e. The fraction of sp³-hybridized carbons (Fsp3) is 0.421. The number of aryl methyl sites for hydroxylation is 1. The lowest BCUT2D eigenvalue weighted by Gasteiger charge is -2.24. The van der Waals surface area contributed by atoms with E-state index in [0.717, 1.165) is 45.4 Å². The van der Waals surface area contributed by atoms with Crippen LogP contribution in [0.4, 0.5) is 5.69 Å². The molecular formula is C19H22Br2N2O3. The number of hydrogen-bond acceptors (Lipinski definition) is 4. The van der Waals surface area contributed by atoms with Gasteiger partial charge in [0, 0.05) is 22.1 Å². The van der Waals surface area contributed by atoms with Crippen molar-refractivity contribution >= 4 is 43.5 Å². The smallest absolute Gasteiger partial charge is 0.238 e. The standard InChI is InChI=1S/C19H22Br2N2O3/c1-13-8-16(20)19(17(21)9-13)22-18(24)12-23(10-14-4-2-6-25-14)11-15-5-3-7-26-15/h2,4,6,8-9,15H,3,5,7,10-12H2,1H3,(H,22,24). The zero-order valence-electron chi connectivity index (χ0n) is 14.6. The summed E-state index contributed by atoms with van der Waals surface area (Å²) < 4.78 is 12.9. The monoisotopic (exact) mass is 484 g/mol. The number of nitrogens with one attached hydrogen (secondary N) is 1. The molecule has 1 saturated heterocycles. The van der Waals surface area contributed by atoms with Crippen molar-refractivity contribution in [3.63, 3.8) is 0 Å². The fourth-order valence-electron chi connectivity index (χ4n) is 3.09. The Bertz CT molecular complexity index is 720. The van der Waals surface area contributed by atoms with Gasteiger partial charge in [-0.2, -0.15) is 0 Å². The van der Waals surface area contributed by atoms with Crippen LogP contribution in [0.25, 0.3) is 0 Å². The Hall–Kier alpha value is -1.15. The Morgan fingerprint density at radius 1 is 1.35 bits per heavy atom. The van der Waals surface area contributed by atoms with Gasteiger partial charge in [-0.3, -0.25) is 9.69 Å². The molecule has 1 aliphatic rings. The Kier molecular flexibility index (Phi) is 6.92. The molecule has 3 rings (SSSR count). The summed E-state index contributed by atoms with van der Waals surface area (Å²) in [7, 11) is 0. The van der Waals surface area contributed by atoms with Crippen LogP contribution in [-0.2, 0) is 16.1 Å². The maximum atomic E-state index is 12.6. The Morgan fingerprint density at radius 2 is 2.12 bits per heavy atom. The second-order valence-corrected chi connectivity index (χ2v) is 8.24. The zero-order chi connectivity index (χ0) is 18.5. The molecule has 1 unspecified atom stereocenters. The molecule has 1 N–H and O–H groups in total. The van der Waals surface area contributed by atoms with Gasteiger partial charge in [0.25, 0.3) is 0 Å². The van der Waals surface area contributed by atoms with E-state index in [-0.39, 0.29) is 18.6 Å². The third-order valence-electron chi connectivity index (χ3n) is 4.26. The van der Waals surface area contributed by atoms with Crippen LogP contribution in [0.3, 0.4) is 0 Å². The van der Waals surface area contributed by atoms with Crippen LogP contribution in [0.15, 0.2) is 43.9 Å². The molecule has 2 heterocycles. The van der Waals surface area contributed by atoms with Gasteiger partial charge in [-0.1, -0.05) is 0 Å². The van der Waals surface area contributed by atoms with E-state index in [1.165, 1.54) is 0 Å². The minimum absolute atomic E-state index is 0.0696. The van der Waals surface area contributed by atoms with Gasteiger partial charge in [0.1, 0.15) is 5.76 Å². The van der Waals surface area contributed by atoms with Crippen LogP contribution in [0.2, 0.25) is 0 Å². The highest BCUT2D eigenvalue weighted by atomic mass is 79.9. The molecule has 0 spiro atoms. The molecule has 1 aromatic carbocycles. The molecule has 7 heteroatoms. The molecule has 26 heavy (non-hydrogen) atoms. The van der Waals surface area contributed by atoms with Crippen molar-refractivity contribution in [2.75, 3.05) is 25.0 Å². The van der Waals surface area contributed by atoms with E-state index < -0.39 is 0 Å². The summed E-state index contributed by atoms with van der Waals surface area (Å²) >= 11 is 7.04. The van der Waals surface area contributed by atoms with E-state index in [1.807, 2.05) is 31.2 Å². The number of carbonyl (C=O) groups is 1. The molecular weight excluding hydrogens is 464 g/mol. The predicted octanol–water partition coefficient (Wildman–Crippen LogP) is 4.73. The third kappa shape index (κ3) is 5.42. The first-order valence-corrected chi connectivity index (χ1v) is 10.2. The third-order valence-corrected chi connectivity index (χ3v) is 5.51. The van der Waals surface area contributed by atoms with E-state index in [4.69, 9.17) is 9.15 Å². The maximum absolute atomic E-state index is 12.6. The molecule has 2 aromatic rings. The molecule has 1 aliphatic heterocycles. The second kappa shape index (κ2) is 9.17. The van der Waals surface area contributed by atoms with Crippen molar-refractivity contribution in [2.45, 2.75) is 32.4 Å². The summed E-state index contributed by atoms with van der Waals surface area (Å²) in [6.45, 7) is 4.37. The summed E-state index contributed by atoms with van der Waals surface area (Å²) in [5, 5.41) is 2.99. The predicted molar refractivity (Wildman–Crippen MR) is 108 cm³/mol. The number of ether oxygens (including phenoxy) is 1. The maximum Gasteiger partial charge on any atom is 0.238 e. The summed E-state index contributed by atoms with van der Waals surface area (Å²) in [4.78, 5) is 14.7. The van der Waals surface area contributed by atoms with Crippen molar-refractivity contribution in [2.24, 2.45) is 0 Å². The number of nitrogens with zero attached hydrogens (tertiary/aromatic N) is 1. The van der Waals surface area contributed by atoms with Gasteiger partial charge >= 0.3 is 0 Å². The average Bonchev–Trinajstić information content (AvgIpc) is 3.24. The molecule has 1 atom stereocenters. The number of halogens is 2. The molecule has 0 saturated carbocycles. The van der Waals surface area contributed by atoms with Gasteiger partial charge in [0.2, 0.25) is 5.91 Å². The van der Waals surface area contributed by atoms with Gasteiger partial charge < -0.3 is 14.5 Å². The number of benzene rings is 1. The first kappa shape index (κ1) is 19.6. The number of carbonyl (C=O) groups excluding carboxylic acids is 1. The molecule has 140 valence electrons. The lowest BCUT2D eigenvalue weighted by atomic mass is 10.2. The molecule has 0 radical (unpaired) electrons. The topological polar surface area (TPSA) is 54.7 Å². The van der Waals surface area contributed by atoms with Crippen LogP contribution in [0.1, 0.15) is 24.2 Å². The highest BCUT2D eigenvalue weighted by molar-refractivity contribution is 9.11. The van der Waals surface area contributed by atoms with Crippen molar-refractivity contribution in [1.29, 1.82) is 0 Å². The first-order valence-electron chi connectivity index (χ1n) is 8.63. The SMILES string of the molecule is Cc1cc(Br)c(NC(=O)CN(Cc2ccco2)CC2CCCO2)c(Br)c1. The van der Waals surface area contributed by atoms with Crippen LogP contribution in [0, 0.1) is 6.92 Å². The Balaban J connectivity index is 1.66. The van der Waals surface area contributed by atoms with Gasteiger partial charge in [-0.05, 0) is 81.5 Å². The average molecular weight is 486 g/mol. The van der Waals surface area contributed by atoms with Crippen LogP contribution >= 0.6 is 31.9 Å². The van der Waals surface area contributed by atoms with E-state index in [2.05, 4.69) is 42.1 Å². The zero-order valence-corrected chi connectivity index (χ0v) is 17.8. The number of rotatable bonds is 7. The highest BCUT2D eigenvalue weighted by Gasteiger charge is 2.22. The largest absolute Gasteiger partial charge is 0.468 e. The molecule has 1 amide bonds. The lowest BCUT2D eigenvalue weighted by Crippen LogP contribution is -2.38. The van der Waals surface area contributed by atoms with Gasteiger partial charge in [0.15, 0.2) is 0 Å². The minimum atomic E-state index is -0.0696. The van der Waals surface area contributed by atoms with Crippen molar-refractivity contribution in [1.82, 2.24) is 4.90 Å². The molecule has 1 aromatic heterocycles. The van der Waals surface area contributed by atoms with Crippen LogP contribution in [-0.4, -0.2) is 36.6 Å². The van der Waals surface area contributed by atoms with E-state index in [1.54, 1.807) is 6.26 Å². The van der Waals surface area contributed by atoms with E-state index >= 15 is 0 Å². The number of hydrogen-bond donors (Lipinski definition) is 1. The second-order valence-electron chi connectivity index (χ2n) is 6.54. The Labute approximate surface area is 170 Å². The van der Waals surface area contributed by atoms with Crippen LogP contribution in [0.5, 0.6) is 0 Å². The molecule has 5 nitrogen and oxygen atoms in total. The normalized spacial score (nSPS) is 17.0. The Morgan fingerprint density at radius 3 is 2.73 bits per heavy atom. The summed E-state index contributed by atoms with van der Waals surface area (Å²) in [6, 6.07) is 7.74. The highest BCUT2D eigenvalue weighted by Crippen LogP contribution is 2.32.